The third-order valence-corrected chi connectivity index (χ3v) is 1.23. The summed E-state index contributed by atoms with van der Waals surface area (Å²) >= 11 is 0. The molecule has 0 aliphatic rings. The minimum absolute atomic E-state index is 0.316. The summed E-state index contributed by atoms with van der Waals surface area (Å²) in [5, 5.41) is 7.54. The Hall–Kier alpha value is 0.110. The van der Waals surface area contributed by atoms with Gasteiger partial charge in [-0.1, -0.05) is 0 Å². The Balaban J connectivity index is 3.61. The van der Waals surface area contributed by atoms with Gasteiger partial charge in [0.15, 0.2) is 0 Å². The molecule has 4 nitrogen and oxygen atoms in total. The summed E-state index contributed by atoms with van der Waals surface area (Å²) in [6, 6.07) is 0. The highest BCUT2D eigenvalue weighted by Gasteiger charge is 2.13. The molecule has 0 amide bonds. The predicted molar refractivity (Wildman–Crippen MR) is 23.8 cm³/mol. The lowest BCUT2D eigenvalue weighted by molar-refractivity contribution is -0.145. The van der Waals surface area contributed by atoms with E-state index in [1.807, 2.05) is 0 Å². The Labute approximate surface area is 41.2 Å². The topological polar surface area (TPSA) is 66.8 Å². The fourth-order valence-corrected chi connectivity index (χ4v) is 0.122. The lowest BCUT2D eigenvalue weighted by Crippen LogP contribution is -1.84. The van der Waals surface area contributed by atoms with Gasteiger partial charge in [-0.15, -0.1) is 0 Å². The van der Waals surface area contributed by atoms with Crippen LogP contribution in [0.5, 0.6) is 0 Å². The molecule has 0 saturated carbocycles. The normalized spacial score (nSPS) is 18.7. The van der Waals surface area contributed by atoms with Crippen LogP contribution >= 0.6 is 7.60 Å². The van der Waals surface area contributed by atoms with Crippen molar-refractivity contribution in [3.63, 3.8) is 0 Å². The van der Waals surface area contributed by atoms with E-state index in [9.17, 15) is 4.57 Å². The highest BCUT2D eigenvalue weighted by Crippen LogP contribution is 2.38. The van der Waals surface area contributed by atoms with Gasteiger partial charge in [-0.3, -0.25) is 4.57 Å². The monoisotopic (exact) mass is 125 g/mol. The van der Waals surface area contributed by atoms with Gasteiger partial charge in [0.2, 0.25) is 0 Å². The maximum atomic E-state index is 9.97. The summed E-state index contributed by atoms with van der Waals surface area (Å²) < 4.78 is 13.1. The third-order valence-electron chi connectivity index (χ3n) is 0.410. The van der Waals surface area contributed by atoms with E-state index in [1.165, 1.54) is 0 Å². The quantitative estimate of drug-likeness (QED) is 0.320. The SMILES string of the molecule is [CH2]CP(=O)(O)OO. The molecule has 0 bridgehead atoms. The molecule has 0 aromatic carbocycles. The molecule has 0 aromatic heterocycles. The first kappa shape index (κ1) is 7.11. The fourth-order valence-electron chi connectivity index (χ4n) is 0.0408. The van der Waals surface area contributed by atoms with Gasteiger partial charge in [-0.05, 0) is 6.92 Å². The molecule has 0 aliphatic heterocycles. The molecule has 1 atom stereocenters. The van der Waals surface area contributed by atoms with Crippen molar-refractivity contribution >= 4 is 7.60 Å². The molecule has 0 aliphatic carbocycles. The van der Waals surface area contributed by atoms with Crippen molar-refractivity contribution in [1.82, 2.24) is 0 Å². The van der Waals surface area contributed by atoms with Gasteiger partial charge in [-0.2, -0.15) is 4.67 Å². The average molecular weight is 125 g/mol. The Morgan fingerprint density at radius 2 is 2.29 bits per heavy atom. The maximum Gasteiger partial charge on any atom is 0.355 e. The highest BCUT2D eigenvalue weighted by molar-refractivity contribution is 7.52. The molecule has 7 heavy (non-hydrogen) atoms. The van der Waals surface area contributed by atoms with Crippen molar-refractivity contribution in [2.45, 2.75) is 0 Å². The Kier molecular flexibility index (Phi) is 2.46. The van der Waals surface area contributed by atoms with Crippen molar-refractivity contribution in [1.29, 1.82) is 0 Å². The smallest absolute Gasteiger partial charge is 0.323 e. The molecule has 43 valence electrons. The maximum absolute atomic E-state index is 9.97. The molecule has 0 aromatic rings. The van der Waals surface area contributed by atoms with Crippen molar-refractivity contribution in [2.24, 2.45) is 0 Å². The number of hydrogen-bond acceptors (Lipinski definition) is 3. The van der Waals surface area contributed by atoms with Crippen LogP contribution in [0, 0.1) is 6.92 Å². The molecule has 0 fully saturated rings. The second-order valence-corrected chi connectivity index (χ2v) is 2.83. The summed E-state index contributed by atoms with van der Waals surface area (Å²) in [7, 11) is -3.71. The first-order valence-electron chi connectivity index (χ1n) is 1.56. The van der Waals surface area contributed by atoms with Crippen LogP contribution in [0.15, 0.2) is 0 Å². The molecule has 0 spiro atoms. The second-order valence-electron chi connectivity index (χ2n) is 0.943. The average Bonchev–Trinajstić information content (AvgIpc) is 1.68. The highest BCUT2D eigenvalue weighted by atomic mass is 31.2. The van der Waals surface area contributed by atoms with Crippen molar-refractivity contribution in [2.75, 3.05) is 6.16 Å². The minimum Gasteiger partial charge on any atom is -0.323 e. The van der Waals surface area contributed by atoms with E-state index in [-0.39, 0.29) is 6.16 Å². The van der Waals surface area contributed by atoms with Crippen molar-refractivity contribution in [3.05, 3.63) is 6.92 Å². The molecule has 1 radical (unpaired) electrons. The van der Waals surface area contributed by atoms with Gasteiger partial charge < -0.3 is 4.89 Å². The van der Waals surface area contributed by atoms with Gasteiger partial charge in [-0.25, -0.2) is 5.26 Å². The number of hydrogen-bond donors (Lipinski definition) is 2. The zero-order chi connectivity index (χ0) is 5.91. The van der Waals surface area contributed by atoms with Crippen LogP contribution in [-0.4, -0.2) is 16.3 Å². The van der Waals surface area contributed by atoms with Crippen molar-refractivity contribution in [3.8, 4) is 0 Å². The third kappa shape index (κ3) is 2.76. The van der Waals surface area contributed by atoms with E-state index in [4.69, 9.17) is 10.2 Å². The minimum atomic E-state index is -3.71. The molecular weight excluding hydrogens is 119 g/mol. The Bertz CT molecular complexity index is 81.7. The lowest BCUT2D eigenvalue weighted by Gasteiger charge is -1.98. The molecule has 0 heterocycles. The number of rotatable bonds is 2. The van der Waals surface area contributed by atoms with Crippen LogP contribution in [-0.2, 0) is 9.24 Å². The lowest BCUT2D eigenvalue weighted by atomic mass is 11.0. The first-order chi connectivity index (χ1) is 3.12. The van der Waals surface area contributed by atoms with E-state index < -0.39 is 7.60 Å². The molecule has 5 heteroatoms. The summed E-state index contributed by atoms with van der Waals surface area (Å²) in [6.07, 6.45) is -0.316. The van der Waals surface area contributed by atoms with Gasteiger partial charge in [0.05, 0.1) is 6.16 Å². The Morgan fingerprint density at radius 1 is 1.86 bits per heavy atom. The second kappa shape index (κ2) is 2.43. The van der Waals surface area contributed by atoms with Gasteiger partial charge in [0.25, 0.3) is 0 Å². The summed E-state index contributed by atoms with van der Waals surface area (Å²) in [4.78, 5) is 8.15. The zero-order valence-electron chi connectivity index (χ0n) is 3.57. The summed E-state index contributed by atoms with van der Waals surface area (Å²) in [5.74, 6) is 0. The van der Waals surface area contributed by atoms with Crippen LogP contribution in [0.25, 0.3) is 0 Å². The van der Waals surface area contributed by atoms with Crippen LogP contribution in [0.3, 0.4) is 0 Å². The molecule has 2 N–H and O–H groups in total. The predicted octanol–water partition coefficient (Wildman–Crippen LogP) is 0.495. The van der Waals surface area contributed by atoms with Crippen LogP contribution in [0.4, 0.5) is 0 Å². The van der Waals surface area contributed by atoms with Crippen LogP contribution in [0.2, 0.25) is 0 Å². The summed E-state index contributed by atoms with van der Waals surface area (Å²) in [5.41, 5.74) is 0. The van der Waals surface area contributed by atoms with Crippen molar-refractivity contribution < 1.29 is 19.4 Å². The molecule has 1 unspecified atom stereocenters. The Morgan fingerprint density at radius 3 is 2.29 bits per heavy atom. The molecular formula is C2H6O4P. The van der Waals surface area contributed by atoms with Crippen LogP contribution < -0.4 is 0 Å². The van der Waals surface area contributed by atoms with E-state index in [1.54, 1.807) is 0 Å². The largest absolute Gasteiger partial charge is 0.355 e. The van der Waals surface area contributed by atoms with Crippen LogP contribution in [0.1, 0.15) is 0 Å². The zero-order valence-corrected chi connectivity index (χ0v) is 4.47. The summed E-state index contributed by atoms with van der Waals surface area (Å²) in [6.45, 7) is 3.03. The molecule has 0 saturated heterocycles. The van der Waals surface area contributed by atoms with E-state index in [0.29, 0.717) is 0 Å². The first-order valence-corrected chi connectivity index (χ1v) is 3.33. The molecule has 0 rings (SSSR count). The van der Waals surface area contributed by atoms with E-state index in [0.717, 1.165) is 0 Å². The fraction of sp³-hybridized carbons (Fsp3) is 0.500. The van der Waals surface area contributed by atoms with Gasteiger partial charge >= 0.3 is 7.60 Å². The van der Waals surface area contributed by atoms with E-state index in [2.05, 4.69) is 11.6 Å². The standard InChI is InChI=1S/C2H6O4P/c1-2-7(4,5)6-3/h3H,1-2H2,(H,4,5). The van der Waals surface area contributed by atoms with E-state index >= 15 is 0 Å². The van der Waals surface area contributed by atoms with Gasteiger partial charge in [0, 0.05) is 0 Å². The van der Waals surface area contributed by atoms with Gasteiger partial charge in [0.1, 0.15) is 0 Å².